The van der Waals surface area contributed by atoms with Crippen molar-refractivity contribution >= 4 is 6.72 Å². The molecule has 0 atom stereocenters. The van der Waals surface area contributed by atoms with Crippen LogP contribution in [0.5, 0.6) is 0 Å². The summed E-state index contributed by atoms with van der Waals surface area (Å²) in [4.78, 5) is 0. The molecule has 0 saturated carbocycles. The quantitative estimate of drug-likeness (QED) is 0.327. The van der Waals surface area contributed by atoms with Gasteiger partial charge in [-0.3, -0.25) is 0 Å². The molecule has 1 heteroatoms. The summed E-state index contributed by atoms with van der Waals surface area (Å²) in [6.45, 7) is 5.53. The topological polar surface area (TPSA) is 3.01 Å². The van der Waals surface area contributed by atoms with E-state index in [2.05, 4.69) is 6.72 Å². The predicted molar refractivity (Wildman–Crippen MR) is 28.1 cm³/mol. The van der Waals surface area contributed by atoms with Crippen LogP contribution in [0, 0.1) is 0 Å². The maximum atomic E-state index is 3.57. The minimum atomic E-state index is 1.75. The van der Waals surface area contributed by atoms with Crippen LogP contribution in [0.25, 0.3) is 0 Å². The lowest BCUT2D eigenvalue weighted by Crippen LogP contribution is -1.86. The third kappa shape index (κ3) is 3.41. The Morgan fingerprint density at radius 2 is 2.17 bits per heavy atom. The van der Waals surface area contributed by atoms with Crippen molar-refractivity contribution in [3.63, 3.8) is 0 Å². The Hall–Kier alpha value is -0.590. The number of allylic oxidation sites excluding steroid dienone is 1. The van der Waals surface area contributed by atoms with Gasteiger partial charge < -0.3 is 0 Å². The zero-order chi connectivity index (χ0) is 4.99. The Bertz CT molecular complexity index is 72.0. The molecule has 0 N–H and O–H groups in total. The summed E-state index contributed by atoms with van der Waals surface area (Å²) in [5.74, 6) is 0. The largest absolute Gasteiger partial charge is 0.215 e. The molecule has 0 amide bonds. The molecule has 1 nitrogen and oxygen atoms in total. The van der Waals surface area contributed by atoms with Crippen molar-refractivity contribution in [1.29, 1.82) is 0 Å². The third-order valence-corrected chi connectivity index (χ3v) is 0.404. The minimum Gasteiger partial charge on any atom is -0.215 e. The van der Waals surface area contributed by atoms with Gasteiger partial charge in [0, 0.05) is 0 Å². The molecule has 0 unspecified atom stereocenters. The SMILES string of the molecule is C=[N+](C)C=CC. The monoisotopic (exact) mass is 84.1 g/mol. The maximum absolute atomic E-state index is 3.57. The first kappa shape index (κ1) is 5.41. The molecule has 34 valence electrons. The first-order valence-corrected chi connectivity index (χ1v) is 1.93. The van der Waals surface area contributed by atoms with Crippen molar-refractivity contribution in [2.24, 2.45) is 0 Å². The summed E-state index contributed by atoms with van der Waals surface area (Å²) in [7, 11) is 1.89. The molecule has 0 heterocycles. The fourth-order valence-electron chi connectivity index (χ4n) is 0.254. The van der Waals surface area contributed by atoms with E-state index in [1.54, 1.807) is 4.58 Å². The van der Waals surface area contributed by atoms with E-state index in [4.69, 9.17) is 0 Å². The van der Waals surface area contributed by atoms with Gasteiger partial charge in [0.1, 0.15) is 13.8 Å². The van der Waals surface area contributed by atoms with Gasteiger partial charge in [-0.1, -0.05) is 0 Å². The number of rotatable bonds is 1. The van der Waals surface area contributed by atoms with Crippen molar-refractivity contribution in [2.75, 3.05) is 7.05 Å². The Kier molecular flexibility index (Phi) is 2.38. The highest BCUT2D eigenvalue weighted by Crippen LogP contribution is 1.64. The molecule has 0 bridgehead atoms. The van der Waals surface area contributed by atoms with Crippen LogP contribution in [-0.2, 0) is 0 Å². The normalized spacial score (nSPS) is 9.67. The van der Waals surface area contributed by atoms with Gasteiger partial charge in [-0.25, -0.2) is 4.58 Å². The third-order valence-electron chi connectivity index (χ3n) is 0.404. The van der Waals surface area contributed by atoms with Crippen molar-refractivity contribution < 1.29 is 4.58 Å². The van der Waals surface area contributed by atoms with Gasteiger partial charge in [-0.2, -0.15) is 0 Å². The Morgan fingerprint density at radius 3 is 2.17 bits per heavy atom. The van der Waals surface area contributed by atoms with E-state index in [1.807, 2.05) is 26.2 Å². The highest BCUT2D eigenvalue weighted by molar-refractivity contribution is 5.14. The summed E-state index contributed by atoms with van der Waals surface area (Å²) < 4.78 is 1.75. The molecule has 0 aliphatic rings. The van der Waals surface area contributed by atoms with E-state index in [0.29, 0.717) is 0 Å². The second-order valence-electron chi connectivity index (χ2n) is 1.24. The van der Waals surface area contributed by atoms with Crippen LogP contribution >= 0.6 is 0 Å². The first-order chi connectivity index (χ1) is 2.77. The Morgan fingerprint density at radius 1 is 1.67 bits per heavy atom. The van der Waals surface area contributed by atoms with Crippen molar-refractivity contribution in [1.82, 2.24) is 0 Å². The molecule has 0 fully saturated rings. The Balaban J connectivity index is 3.30. The molecule has 0 rings (SSSR count). The standard InChI is InChI=1S/C5H10N/c1-4-5-6(2)3/h4-5H,2H2,1,3H3/q+1. The van der Waals surface area contributed by atoms with Gasteiger partial charge in [-0.05, 0) is 13.0 Å². The van der Waals surface area contributed by atoms with Crippen LogP contribution in [0.3, 0.4) is 0 Å². The number of nitrogens with zero attached hydrogens (tertiary/aromatic N) is 1. The zero-order valence-electron chi connectivity index (χ0n) is 4.31. The van der Waals surface area contributed by atoms with Gasteiger partial charge in [-0.15, -0.1) is 0 Å². The second-order valence-corrected chi connectivity index (χ2v) is 1.24. The molecule has 0 aliphatic heterocycles. The first-order valence-electron chi connectivity index (χ1n) is 1.93. The van der Waals surface area contributed by atoms with Crippen LogP contribution in [0.1, 0.15) is 6.92 Å². The van der Waals surface area contributed by atoms with Crippen LogP contribution in [-0.4, -0.2) is 18.3 Å². The molecule has 0 aromatic heterocycles. The highest BCUT2D eigenvalue weighted by atomic mass is 14.9. The predicted octanol–water partition coefficient (Wildman–Crippen LogP) is 0.863. The fraction of sp³-hybridized carbons (Fsp3) is 0.400. The van der Waals surface area contributed by atoms with E-state index in [1.165, 1.54) is 0 Å². The average Bonchev–Trinajstić information content (AvgIpc) is 1.35. The van der Waals surface area contributed by atoms with Crippen LogP contribution in [0.2, 0.25) is 0 Å². The second kappa shape index (κ2) is 2.64. The zero-order valence-corrected chi connectivity index (χ0v) is 4.31. The maximum Gasteiger partial charge on any atom is 0.163 e. The lowest BCUT2D eigenvalue weighted by molar-refractivity contribution is -0.412. The number of hydrogen-bond acceptors (Lipinski definition) is 0. The minimum absolute atomic E-state index is 1.75. The highest BCUT2D eigenvalue weighted by Gasteiger charge is 1.69. The van der Waals surface area contributed by atoms with Crippen LogP contribution in [0.4, 0.5) is 0 Å². The molecular formula is C5H10N+. The van der Waals surface area contributed by atoms with E-state index in [9.17, 15) is 0 Å². The summed E-state index contributed by atoms with van der Waals surface area (Å²) in [5.41, 5.74) is 0. The fourth-order valence-corrected chi connectivity index (χ4v) is 0.254. The van der Waals surface area contributed by atoms with Crippen molar-refractivity contribution in [2.45, 2.75) is 6.92 Å². The lowest BCUT2D eigenvalue weighted by atomic mass is 10.7. The van der Waals surface area contributed by atoms with Crippen LogP contribution < -0.4 is 0 Å². The molecule has 0 aliphatic carbocycles. The van der Waals surface area contributed by atoms with Crippen LogP contribution in [0.15, 0.2) is 12.3 Å². The summed E-state index contributed by atoms with van der Waals surface area (Å²) in [6.07, 6.45) is 3.83. The van der Waals surface area contributed by atoms with E-state index in [0.717, 1.165) is 0 Å². The van der Waals surface area contributed by atoms with Gasteiger partial charge in [0.15, 0.2) is 6.20 Å². The smallest absolute Gasteiger partial charge is 0.163 e. The summed E-state index contributed by atoms with van der Waals surface area (Å²) in [5, 5.41) is 0. The molecule has 0 aromatic rings. The lowest BCUT2D eigenvalue weighted by Gasteiger charge is -1.72. The summed E-state index contributed by atoms with van der Waals surface area (Å²) in [6, 6.07) is 0. The van der Waals surface area contributed by atoms with Gasteiger partial charge in [0.2, 0.25) is 0 Å². The van der Waals surface area contributed by atoms with E-state index >= 15 is 0 Å². The van der Waals surface area contributed by atoms with Gasteiger partial charge >= 0.3 is 0 Å². The van der Waals surface area contributed by atoms with E-state index in [-0.39, 0.29) is 0 Å². The molecule has 0 aromatic carbocycles. The molecule has 0 radical (unpaired) electrons. The average molecular weight is 84.1 g/mol. The van der Waals surface area contributed by atoms with Gasteiger partial charge in [0.05, 0.1) is 0 Å². The van der Waals surface area contributed by atoms with E-state index < -0.39 is 0 Å². The van der Waals surface area contributed by atoms with Crippen molar-refractivity contribution in [3.05, 3.63) is 12.3 Å². The molecular weight excluding hydrogens is 74.1 g/mol. The molecule has 0 saturated heterocycles. The van der Waals surface area contributed by atoms with Gasteiger partial charge in [0.25, 0.3) is 0 Å². The number of hydrogen-bond donors (Lipinski definition) is 0. The molecule has 0 spiro atoms. The van der Waals surface area contributed by atoms with Crippen molar-refractivity contribution in [3.8, 4) is 0 Å². The summed E-state index contributed by atoms with van der Waals surface area (Å²) >= 11 is 0. The Labute approximate surface area is 38.6 Å². The molecule has 6 heavy (non-hydrogen) atoms.